The Kier molecular flexibility index (Phi) is 3.82. The predicted molar refractivity (Wildman–Crippen MR) is 110 cm³/mol. The third kappa shape index (κ3) is 2.93. The van der Waals surface area contributed by atoms with E-state index in [1.807, 2.05) is 12.3 Å². The molecule has 134 valence electrons. The van der Waals surface area contributed by atoms with Gasteiger partial charge in [0.05, 0.1) is 6.54 Å². The van der Waals surface area contributed by atoms with Crippen LogP contribution >= 0.6 is 0 Å². The van der Waals surface area contributed by atoms with Gasteiger partial charge in [-0.1, -0.05) is 48.5 Å². The normalized spacial score (nSPS) is 14.0. The zero-order valence-electron chi connectivity index (χ0n) is 15.8. The zero-order valence-corrected chi connectivity index (χ0v) is 15.8. The van der Waals surface area contributed by atoms with Crippen molar-refractivity contribution in [1.29, 1.82) is 0 Å². The molecule has 27 heavy (non-hydrogen) atoms. The van der Waals surface area contributed by atoms with Gasteiger partial charge in [0.2, 0.25) is 0 Å². The summed E-state index contributed by atoms with van der Waals surface area (Å²) in [6, 6.07) is 19.5. The van der Waals surface area contributed by atoms with Gasteiger partial charge in [-0.15, -0.1) is 0 Å². The number of hydrogen-bond donors (Lipinski definition) is 0. The summed E-state index contributed by atoms with van der Waals surface area (Å²) in [4.78, 5) is 9.59. The number of aromatic nitrogens is 3. The third-order valence-electron chi connectivity index (χ3n) is 5.56. The fraction of sp³-hybridized carbons (Fsp3) is 0.250. The van der Waals surface area contributed by atoms with Crippen LogP contribution in [0.4, 0.5) is 0 Å². The predicted octanol–water partition coefficient (Wildman–Crippen LogP) is 5.64. The number of imidazole rings is 1. The van der Waals surface area contributed by atoms with E-state index < -0.39 is 0 Å². The molecule has 1 aliphatic rings. The number of nitrogens with zero attached hydrogens (tertiary/aromatic N) is 3. The van der Waals surface area contributed by atoms with Gasteiger partial charge in [-0.3, -0.25) is 0 Å². The molecule has 1 aliphatic carbocycles. The van der Waals surface area contributed by atoms with E-state index in [9.17, 15) is 0 Å². The van der Waals surface area contributed by atoms with Gasteiger partial charge in [0.15, 0.2) is 5.65 Å². The van der Waals surface area contributed by atoms with Gasteiger partial charge < -0.3 is 4.57 Å². The van der Waals surface area contributed by atoms with Crippen LogP contribution in [0.1, 0.15) is 41.3 Å². The molecule has 3 nitrogen and oxygen atoms in total. The first-order valence-corrected chi connectivity index (χ1v) is 9.67. The third-order valence-corrected chi connectivity index (χ3v) is 5.56. The smallest absolute Gasteiger partial charge is 0.160 e. The van der Waals surface area contributed by atoms with Crippen LogP contribution in [-0.2, 0) is 6.54 Å². The molecular weight excluding hydrogens is 330 g/mol. The Bertz CT molecular complexity index is 1120. The van der Waals surface area contributed by atoms with Crippen molar-refractivity contribution in [2.45, 2.75) is 39.2 Å². The average Bonchev–Trinajstić information content (AvgIpc) is 3.46. The Labute approximate surface area is 159 Å². The van der Waals surface area contributed by atoms with Crippen LogP contribution in [0.3, 0.4) is 0 Å². The molecule has 0 radical (unpaired) electrons. The van der Waals surface area contributed by atoms with Crippen molar-refractivity contribution >= 4 is 11.2 Å². The molecule has 0 aliphatic heterocycles. The van der Waals surface area contributed by atoms with E-state index in [0.717, 1.165) is 17.7 Å². The number of pyridine rings is 1. The summed E-state index contributed by atoms with van der Waals surface area (Å²) in [5.41, 5.74) is 8.43. The minimum Gasteiger partial charge on any atom is -0.308 e. The molecule has 0 N–H and O–H groups in total. The highest BCUT2D eigenvalue weighted by atomic mass is 15.1. The Morgan fingerprint density at radius 3 is 2.44 bits per heavy atom. The second-order valence-corrected chi connectivity index (χ2v) is 7.64. The van der Waals surface area contributed by atoms with E-state index in [1.165, 1.54) is 46.5 Å². The number of aryl methyl sites for hydroxylation is 2. The second-order valence-electron chi connectivity index (χ2n) is 7.64. The summed E-state index contributed by atoms with van der Waals surface area (Å²) < 4.78 is 2.32. The van der Waals surface area contributed by atoms with Crippen LogP contribution < -0.4 is 0 Å². The first-order valence-electron chi connectivity index (χ1n) is 9.67. The van der Waals surface area contributed by atoms with E-state index in [1.54, 1.807) is 0 Å². The van der Waals surface area contributed by atoms with Gasteiger partial charge in [-0.05, 0) is 60.6 Å². The summed E-state index contributed by atoms with van der Waals surface area (Å²) in [6.45, 7) is 5.11. The molecule has 5 rings (SSSR count). The molecule has 0 saturated heterocycles. The van der Waals surface area contributed by atoms with Gasteiger partial charge in [-0.25, -0.2) is 9.97 Å². The quantitative estimate of drug-likeness (QED) is 0.475. The lowest BCUT2D eigenvalue weighted by Gasteiger charge is -2.10. The second kappa shape index (κ2) is 6.34. The summed E-state index contributed by atoms with van der Waals surface area (Å²) in [6.07, 6.45) is 4.39. The highest BCUT2D eigenvalue weighted by Gasteiger charge is 2.30. The topological polar surface area (TPSA) is 30.7 Å². The average molecular weight is 353 g/mol. The summed E-state index contributed by atoms with van der Waals surface area (Å²) >= 11 is 0. The van der Waals surface area contributed by atoms with Crippen molar-refractivity contribution in [3.05, 3.63) is 83.3 Å². The van der Waals surface area contributed by atoms with Crippen molar-refractivity contribution in [2.75, 3.05) is 0 Å². The monoisotopic (exact) mass is 353 g/mol. The lowest BCUT2D eigenvalue weighted by atomic mass is 9.99. The zero-order chi connectivity index (χ0) is 18.4. The Balaban J connectivity index is 1.51. The van der Waals surface area contributed by atoms with Gasteiger partial charge in [-0.2, -0.15) is 0 Å². The standard InChI is InChI=1S/C24H23N3/c1-16-5-3-4-6-21(16)19-9-7-18(8-10-19)15-27-23(20-11-12-20)26-22-17(2)13-14-25-24(22)27/h3-10,13-14,20H,11-12,15H2,1-2H3. The first kappa shape index (κ1) is 16.2. The largest absolute Gasteiger partial charge is 0.308 e. The Morgan fingerprint density at radius 1 is 0.926 bits per heavy atom. The van der Waals surface area contributed by atoms with E-state index in [-0.39, 0.29) is 0 Å². The molecule has 4 aromatic rings. The summed E-state index contributed by atoms with van der Waals surface area (Å²) in [5.74, 6) is 1.81. The number of hydrogen-bond acceptors (Lipinski definition) is 2. The SMILES string of the molecule is Cc1ccccc1-c1ccc(Cn2c(C3CC3)nc3c(C)ccnc32)cc1. The van der Waals surface area contributed by atoms with Crippen molar-refractivity contribution in [3.63, 3.8) is 0 Å². The van der Waals surface area contributed by atoms with Gasteiger partial charge in [0.25, 0.3) is 0 Å². The van der Waals surface area contributed by atoms with Crippen LogP contribution in [-0.4, -0.2) is 14.5 Å². The maximum Gasteiger partial charge on any atom is 0.160 e. The maximum atomic E-state index is 4.95. The van der Waals surface area contributed by atoms with E-state index in [4.69, 9.17) is 4.98 Å². The highest BCUT2D eigenvalue weighted by Crippen LogP contribution is 2.41. The van der Waals surface area contributed by atoms with Gasteiger partial charge >= 0.3 is 0 Å². The van der Waals surface area contributed by atoms with Crippen molar-refractivity contribution in [1.82, 2.24) is 14.5 Å². The molecule has 0 amide bonds. The Hall–Kier alpha value is -2.94. The Morgan fingerprint density at radius 2 is 1.70 bits per heavy atom. The fourth-order valence-electron chi connectivity index (χ4n) is 3.83. The molecule has 3 heteroatoms. The molecule has 1 saturated carbocycles. The molecule has 1 fully saturated rings. The van der Waals surface area contributed by atoms with Crippen LogP contribution in [0.25, 0.3) is 22.3 Å². The van der Waals surface area contributed by atoms with Crippen LogP contribution in [0.15, 0.2) is 60.8 Å². The van der Waals surface area contributed by atoms with Crippen LogP contribution in [0, 0.1) is 13.8 Å². The molecule has 2 heterocycles. The molecule has 0 bridgehead atoms. The lowest BCUT2D eigenvalue weighted by molar-refractivity contribution is 0.740. The van der Waals surface area contributed by atoms with E-state index >= 15 is 0 Å². The van der Waals surface area contributed by atoms with Gasteiger partial charge in [0, 0.05) is 12.1 Å². The lowest BCUT2D eigenvalue weighted by Crippen LogP contribution is -2.05. The highest BCUT2D eigenvalue weighted by molar-refractivity contribution is 5.75. The molecule has 2 aromatic carbocycles. The minimum atomic E-state index is 0.602. The number of rotatable bonds is 4. The molecule has 0 unspecified atom stereocenters. The fourth-order valence-corrected chi connectivity index (χ4v) is 3.83. The van der Waals surface area contributed by atoms with Crippen LogP contribution in [0.5, 0.6) is 0 Å². The van der Waals surface area contributed by atoms with E-state index in [2.05, 4.69) is 71.9 Å². The van der Waals surface area contributed by atoms with Crippen molar-refractivity contribution in [2.24, 2.45) is 0 Å². The number of fused-ring (bicyclic) bond motifs is 1. The number of benzene rings is 2. The van der Waals surface area contributed by atoms with Crippen molar-refractivity contribution in [3.8, 4) is 11.1 Å². The van der Waals surface area contributed by atoms with E-state index in [0.29, 0.717) is 5.92 Å². The minimum absolute atomic E-state index is 0.602. The maximum absolute atomic E-state index is 4.95. The molecular formula is C24H23N3. The van der Waals surface area contributed by atoms with Gasteiger partial charge in [0.1, 0.15) is 11.3 Å². The molecule has 0 atom stereocenters. The summed E-state index contributed by atoms with van der Waals surface area (Å²) in [5, 5.41) is 0. The molecule has 0 spiro atoms. The van der Waals surface area contributed by atoms with Crippen molar-refractivity contribution < 1.29 is 0 Å². The summed E-state index contributed by atoms with van der Waals surface area (Å²) in [7, 11) is 0. The first-order chi connectivity index (χ1) is 13.2. The van der Waals surface area contributed by atoms with Crippen LogP contribution in [0.2, 0.25) is 0 Å². The molecule has 2 aromatic heterocycles.